The first-order chi connectivity index (χ1) is 10.7. The molecule has 0 aliphatic carbocycles. The summed E-state index contributed by atoms with van der Waals surface area (Å²) in [7, 11) is 0. The minimum Gasteiger partial charge on any atom is -0.103 e. The van der Waals surface area contributed by atoms with E-state index in [2.05, 4.69) is 75.0 Å². The van der Waals surface area contributed by atoms with Crippen molar-refractivity contribution in [2.45, 2.75) is 26.7 Å². The van der Waals surface area contributed by atoms with Gasteiger partial charge in [-0.3, -0.25) is 0 Å². The Morgan fingerprint density at radius 2 is 1.50 bits per heavy atom. The molecule has 0 radical (unpaired) electrons. The van der Waals surface area contributed by atoms with E-state index in [0.29, 0.717) is 0 Å². The highest BCUT2D eigenvalue weighted by Gasteiger charge is 2.03. The maximum atomic E-state index is 3.81. The predicted molar refractivity (Wildman–Crippen MR) is 96.6 cm³/mol. The zero-order chi connectivity index (χ0) is 15.5. The molecule has 0 unspecified atom stereocenters. The molecule has 3 rings (SSSR count). The Morgan fingerprint density at radius 3 is 2.18 bits per heavy atom. The molecule has 0 aliphatic rings. The first kappa shape index (κ1) is 14.6. The zero-order valence-corrected chi connectivity index (χ0v) is 13.4. The molecule has 0 heteroatoms. The lowest BCUT2D eigenvalue weighted by molar-refractivity contribution is 1.15. The van der Waals surface area contributed by atoms with Crippen LogP contribution < -0.4 is 0 Å². The van der Waals surface area contributed by atoms with Crippen LogP contribution in [0.25, 0.3) is 10.8 Å². The van der Waals surface area contributed by atoms with Gasteiger partial charge in [-0.2, -0.15) is 0 Å². The molecule has 0 atom stereocenters. The lowest BCUT2D eigenvalue weighted by atomic mass is 9.96. The van der Waals surface area contributed by atoms with Gasteiger partial charge in [0, 0.05) is 0 Å². The summed E-state index contributed by atoms with van der Waals surface area (Å²) in [6.07, 6.45) is 3.88. The van der Waals surface area contributed by atoms with Crippen molar-refractivity contribution in [1.82, 2.24) is 0 Å². The zero-order valence-electron chi connectivity index (χ0n) is 13.4. The lowest BCUT2D eigenvalue weighted by Crippen LogP contribution is -1.93. The van der Waals surface area contributed by atoms with Crippen LogP contribution in [0.4, 0.5) is 0 Å². The van der Waals surface area contributed by atoms with Gasteiger partial charge in [-0.15, -0.1) is 6.58 Å². The van der Waals surface area contributed by atoms with E-state index in [0.717, 1.165) is 12.8 Å². The molecule has 3 aromatic rings. The van der Waals surface area contributed by atoms with Gasteiger partial charge < -0.3 is 0 Å². The number of hydrogen-bond donors (Lipinski definition) is 0. The highest BCUT2D eigenvalue weighted by molar-refractivity contribution is 5.84. The average molecular weight is 286 g/mol. The van der Waals surface area contributed by atoms with E-state index in [-0.39, 0.29) is 0 Å². The Labute approximate surface area is 133 Å². The monoisotopic (exact) mass is 286 g/mol. The summed E-state index contributed by atoms with van der Waals surface area (Å²) in [5, 5.41) is 2.62. The van der Waals surface area contributed by atoms with Crippen molar-refractivity contribution in [2.24, 2.45) is 0 Å². The summed E-state index contributed by atoms with van der Waals surface area (Å²) in [6, 6.07) is 20.2. The second-order valence-electron chi connectivity index (χ2n) is 6.12. The summed E-state index contributed by atoms with van der Waals surface area (Å²) in [5.41, 5.74) is 6.81. The Kier molecular flexibility index (Phi) is 4.11. The summed E-state index contributed by atoms with van der Waals surface area (Å²) >= 11 is 0. The van der Waals surface area contributed by atoms with Crippen LogP contribution in [0.3, 0.4) is 0 Å². The van der Waals surface area contributed by atoms with E-state index in [1.54, 1.807) is 0 Å². The predicted octanol–water partition coefficient (Wildman–Crippen LogP) is 5.78. The molecule has 110 valence electrons. The van der Waals surface area contributed by atoms with Crippen LogP contribution in [0.5, 0.6) is 0 Å². The maximum Gasteiger partial charge on any atom is -0.00229 e. The topological polar surface area (TPSA) is 0 Å². The first-order valence-corrected chi connectivity index (χ1v) is 7.84. The third-order valence-corrected chi connectivity index (χ3v) is 4.24. The van der Waals surface area contributed by atoms with Crippen molar-refractivity contribution in [3.63, 3.8) is 0 Å². The number of allylic oxidation sites excluding steroid dienone is 1. The van der Waals surface area contributed by atoms with Crippen molar-refractivity contribution in [1.29, 1.82) is 0 Å². The highest BCUT2D eigenvalue weighted by Crippen LogP contribution is 2.21. The van der Waals surface area contributed by atoms with Crippen molar-refractivity contribution in [3.05, 3.63) is 95.1 Å². The molecule has 0 aromatic heterocycles. The second-order valence-corrected chi connectivity index (χ2v) is 6.12. The van der Waals surface area contributed by atoms with E-state index in [1.807, 2.05) is 6.08 Å². The van der Waals surface area contributed by atoms with Gasteiger partial charge in [0.1, 0.15) is 0 Å². The molecular weight excluding hydrogens is 264 g/mol. The number of aryl methyl sites for hydroxylation is 2. The minimum absolute atomic E-state index is 0.931. The fraction of sp³-hybridized carbons (Fsp3) is 0.182. The quantitative estimate of drug-likeness (QED) is 0.534. The van der Waals surface area contributed by atoms with E-state index >= 15 is 0 Å². The fourth-order valence-electron chi connectivity index (χ4n) is 3.01. The van der Waals surface area contributed by atoms with E-state index in [1.165, 1.54) is 38.6 Å². The smallest absolute Gasteiger partial charge is 0.00229 e. The molecule has 0 saturated heterocycles. The van der Waals surface area contributed by atoms with Gasteiger partial charge in [0.2, 0.25) is 0 Å². The van der Waals surface area contributed by atoms with Gasteiger partial charge in [-0.05, 0) is 59.7 Å². The molecule has 0 bridgehead atoms. The van der Waals surface area contributed by atoms with Gasteiger partial charge >= 0.3 is 0 Å². The standard InChI is InChI=1S/C22H22/c1-4-5-18-7-10-22-15-19(8-11-21(22)13-18)14-20-9-6-16(2)12-17(20)3/h4,6-13,15H,1,5,14H2,2-3H3. The van der Waals surface area contributed by atoms with Crippen molar-refractivity contribution < 1.29 is 0 Å². The lowest BCUT2D eigenvalue weighted by Gasteiger charge is -2.09. The SMILES string of the molecule is C=CCc1ccc2cc(Cc3ccc(C)cc3C)ccc2c1. The molecule has 0 N–H and O–H groups in total. The molecule has 0 fully saturated rings. The summed E-state index contributed by atoms with van der Waals surface area (Å²) in [4.78, 5) is 0. The van der Waals surface area contributed by atoms with Crippen molar-refractivity contribution >= 4 is 10.8 Å². The van der Waals surface area contributed by atoms with Crippen LogP contribution in [0, 0.1) is 13.8 Å². The molecule has 0 spiro atoms. The van der Waals surface area contributed by atoms with Crippen LogP contribution in [-0.2, 0) is 12.8 Å². The van der Waals surface area contributed by atoms with Crippen molar-refractivity contribution in [3.8, 4) is 0 Å². The number of fused-ring (bicyclic) bond motifs is 1. The van der Waals surface area contributed by atoms with Crippen molar-refractivity contribution in [2.75, 3.05) is 0 Å². The minimum atomic E-state index is 0.931. The van der Waals surface area contributed by atoms with E-state index in [9.17, 15) is 0 Å². The van der Waals surface area contributed by atoms with Gasteiger partial charge in [-0.1, -0.05) is 66.2 Å². The Hall–Kier alpha value is -2.34. The van der Waals surface area contributed by atoms with Gasteiger partial charge in [-0.25, -0.2) is 0 Å². The molecule has 3 aromatic carbocycles. The van der Waals surface area contributed by atoms with Gasteiger partial charge in [0.05, 0.1) is 0 Å². The molecule has 0 saturated carbocycles. The van der Waals surface area contributed by atoms with Crippen LogP contribution in [0.2, 0.25) is 0 Å². The molecular formula is C22H22. The Balaban J connectivity index is 1.91. The van der Waals surface area contributed by atoms with Crippen LogP contribution >= 0.6 is 0 Å². The Morgan fingerprint density at radius 1 is 0.818 bits per heavy atom. The Bertz CT molecular complexity index is 825. The summed E-state index contributed by atoms with van der Waals surface area (Å²) in [6.45, 7) is 8.16. The van der Waals surface area contributed by atoms with Crippen LogP contribution in [-0.4, -0.2) is 0 Å². The summed E-state index contributed by atoms with van der Waals surface area (Å²) < 4.78 is 0. The largest absolute Gasteiger partial charge is 0.103 e. The highest BCUT2D eigenvalue weighted by atomic mass is 14.1. The third-order valence-electron chi connectivity index (χ3n) is 4.24. The van der Waals surface area contributed by atoms with Gasteiger partial charge in [0.25, 0.3) is 0 Å². The maximum absolute atomic E-state index is 3.81. The van der Waals surface area contributed by atoms with Crippen LogP contribution in [0.15, 0.2) is 67.3 Å². The second kappa shape index (κ2) is 6.19. The van der Waals surface area contributed by atoms with Crippen LogP contribution in [0.1, 0.15) is 27.8 Å². The molecule has 0 heterocycles. The van der Waals surface area contributed by atoms with E-state index in [4.69, 9.17) is 0 Å². The average Bonchev–Trinajstić information content (AvgIpc) is 2.50. The van der Waals surface area contributed by atoms with E-state index < -0.39 is 0 Å². The van der Waals surface area contributed by atoms with Gasteiger partial charge in [0.15, 0.2) is 0 Å². The molecule has 0 aliphatic heterocycles. The molecule has 22 heavy (non-hydrogen) atoms. The fourth-order valence-corrected chi connectivity index (χ4v) is 3.01. The normalized spacial score (nSPS) is 10.8. The summed E-state index contributed by atoms with van der Waals surface area (Å²) in [5.74, 6) is 0. The number of hydrogen-bond acceptors (Lipinski definition) is 0. The number of benzene rings is 3. The molecule has 0 nitrogen and oxygen atoms in total. The number of rotatable bonds is 4. The third kappa shape index (κ3) is 3.12. The first-order valence-electron chi connectivity index (χ1n) is 7.84. The molecule has 0 amide bonds.